The van der Waals surface area contributed by atoms with Crippen LogP contribution in [-0.4, -0.2) is 41.4 Å². The molecule has 0 saturated carbocycles. The fourth-order valence-corrected chi connectivity index (χ4v) is 4.65. The van der Waals surface area contributed by atoms with Gasteiger partial charge in [0.1, 0.15) is 0 Å². The van der Waals surface area contributed by atoms with Crippen molar-refractivity contribution in [2.24, 2.45) is 7.05 Å². The number of hydrogen-bond acceptors (Lipinski definition) is 4. The summed E-state index contributed by atoms with van der Waals surface area (Å²) >= 11 is 0. The minimum absolute atomic E-state index is 0.103. The number of carbonyl (C=O) groups excluding carboxylic acids is 1. The predicted molar refractivity (Wildman–Crippen MR) is 90.4 cm³/mol. The largest absolute Gasteiger partial charge is 0.295 e. The number of sulfonamides is 1. The van der Waals surface area contributed by atoms with E-state index in [1.165, 1.54) is 17.3 Å². The van der Waals surface area contributed by atoms with E-state index >= 15 is 0 Å². The quantitative estimate of drug-likeness (QED) is 0.795. The number of hydrogen-bond donors (Lipinski definition) is 0. The number of Topliss-reactive ketones (excluding diaryl/α,β-unsaturated/α-hetero) is 1. The number of ketones is 1. The highest BCUT2D eigenvalue weighted by molar-refractivity contribution is 7.89. The predicted octanol–water partition coefficient (Wildman–Crippen LogP) is 2.19. The number of aryl methyl sites for hydroxylation is 1. The van der Waals surface area contributed by atoms with Gasteiger partial charge in [0.15, 0.2) is 5.78 Å². The van der Waals surface area contributed by atoms with Crippen LogP contribution in [0.1, 0.15) is 41.7 Å². The first-order chi connectivity index (χ1) is 11.4. The van der Waals surface area contributed by atoms with E-state index in [0.717, 1.165) is 18.5 Å². The van der Waals surface area contributed by atoms with Crippen LogP contribution in [0.5, 0.6) is 0 Å². The Morgan fingerprint density at radius 2 is 2.08 bits per heavy atom. The Kier molecular flexibility index (Phi) is 4.56. The number of carbonyl (C=O) groups is 1. The molecule has 1 aromatic heterocycles. The van der Waals surface area contributed by atoms with Crippen LogP contribution in [0.4, 0.5) is 0 Å². The maximum atomic E-state index is 12.9. The molecule has 1 unspecified atom stereocenters. The van der Waals surface area contributed by atoms with Gasteiger partial charge in [-0.15, -0.1) is 0 Å². The molecule has 1 saturated heterocycles. The van der Waals surface area contributed by atoms with E-state index in [4.69, 9.17) is 0 Å². The zero-order valence-corrected chi connectivity index (χ0v) is 14.7. The van der Waals surface area contributed by atoms with Crippen LogP contribution >= 0.6 is 0 Å². The lowest BCUT2D eigenvalue weighted by atomic mass is 9.96. The van der Waals surface area contributed by atoms with Gasteiger partial charge in [-0.1, -0.05) is 12.1 Å². The standard InChI is InChI=1S/C17H21N3O3S/c1-13(21)14-5-3-7-16(11-14)24(22,23)20-9-4-6-15(12-20)17-8-10-19(2)18-17/h3,5,7-8,10-11,15H,4,6,9,12H2,1-2H3. The average molecular weight is 347 g/mol. The number of piperidine rings is 1. The molecule has 0 radical (unpaired) electrons. The third-order valence-corrected chi connectivity index (χ3v) is 6.28. The minimum atomic E-state index is -3.61. The molecule has 1 atom stereocenters. The second-order valence-corrected chi connectivity index (χ2v) is 8.14. The van der Waals surface area contributed by atoms with Crippen LogP contribution in [0.3, 0.4) is 0 Å². The van der Waals surface area contributed by atoms with Crippen molar-refractivity contribution in [3.05, 3.63) is 47.8 Å². The van der Waals surface area contributed by atoms with Gasteiger partial charge in [0.05, 0.1) is 10.6 Å². The number of nitrogens with zero attached hydrogens (tertiary/aromatic N) is 3. The third kappa shape index (κ3) is 3.27. The molecule has 1 aromatic carbocycles. The van der Waals surface area contributed by atoms with E-state index in [0.29, 0.717) is 18.7 Å². The summed E-state index contributed by atoms with van der Waals surface area (Å²) in [6.07, 6.45) is 3.60. The van der Waals surface area contributed by atoms with Gasteiger partial charge in [0, 0.05) is 37.8 Å². The Balaban J connectivity index is 1.86. The highest BCUT2D eigenvalue weighted by atomic mass is 32.2. The molecule has 24 heavy (non-hydrogen) atoms. The number of aromatic nitrogens is 2. The molecule has 128 valence electrons. The molecule has 6 nitrogen and oxygen atoms in total. The Hall–Kier alpha value is -1.99. The SMILES string of the molecule is CC(=O)c1cccc(S(=O)(=O)N2CCCC(c3ccn(C)n3)C2)c1. The summed E-state index contributed by atoms with van der Waals surface area (Å²) in [5.74, 6) is -0.0391. The van der Waals surface area contributed by atoms with Crippen LogP contribution < -0.4 is 0 Å². The monoisotopic (exact) mass is 347 g/mol. The lowest BCUT2D eigenvalue weighted by molar-refractivity contribution is 0.101. The van der Waals surface area contributed by atoms with Crippen LogP contribution in [0.15, 0.2) is 41.4 Å². The minimum Gasteiger partial charge on any atom is -0.295 e. The van der Waals surface area contributed by atoms with E-state index < -0.39 is 10.0 Å². The van der Waals surface area contributed by atoms with Crippen molar-refractivity contribution in [3.8, 4) is 0 Å². The topological polar surface area (TPSA) is 72.3 Å². The number of rotatable bonds is 4. The Labute approximate surface area is 142 Å². The molecule has 0 N–H and O–H groups in total. The lowest BCUT2D eigenvalue weighted by Gasteiger charge is -2.31. The first-order valence-corrected chi connectivity index (χ1v) is 9.42. The highest BCUT2D eigenvalue weighted by Gasteiger charge is 2.32. The molecule has 0 amide bonds. The van der Waals surface area contributed by atoms with Gasteiger partial charge in [-0.3, -0.25) is 9.48 Å². The summed E-state index contributed by atoms with van der Waals surface area (Å²) in [7, 11) is -1.75. The molecule has 0 bridgehead atoms. The van der Waals surface area contributed by atoms with E-state index in [-0.39, 0.29) is 16.6 Å². The molecular formula is C17H21N3O3S. The van der Waals surface area contributed by atoms with Gasteiger partial charge in [0.2, 0.25) is 10.0 Å². The number of benzene rings is 1. The van der Waals surface area contributed by atoms with Gasteiger partial charge in [-0.25, -0.2) is 8.42 Å². The van der Waals surface area contributed by atoms with Crippen molar-refractivity contribution >= 4 is 15.8 Å². The summed E-state index contributed by atoms with van der Waals surface area (Å²) < 4.78 is 29.1. The summed E-state index contributed by atoms with van der Waals surface area (Å²) in [6.45, 7) is 2.35. The van der Waals surface area contributed by atoms with Crippen molar-refractivity contribution in [1.82, 2.24) is 14.1 Å². The summed E-state index contributed by atoms with van der Waals surface area (Å²) in [4.78, 5) is 11.7. The lowest BCUT2D eigenvalue weighted by Crippen LogP contribution is -2.39. The molecule has 1 aliphatic rings. The second-order valence-electron chi connectivity index (χ2n) is 6.20. The normalized spacial score (nSPS) is 19.3. The Bertz CT molecular complexity index is 857. The fourth-order valence-electron chi connectivity index (χ4n) is 3.08. The van der Waals surface area contributed by atoms with Crippen LogP contribution in [0, 0.1) is 0 Å². The molecule has 2 heterocycles. The second kappa shape index (κ2) is 6.49. The van der Waals surface area contributed by atoms with Crippen LogP contribution in [-0.2, 0) is 17.1 Å². The van der Waals surface area contributed by atoms with Gasteiger partial charge >= 0.3 is 0 Å². The summed E-state index contributed by atoms with van der Waals surface area (Å²) in [6, 6.07) is 8.20. The first kappa shape index (κ1) is 16.9. The molecule has 7 heteroatoms. The highest BCUT2D eigenvalue weighted by Crippen LogP contribution is 2.29. The Morgan fingerprint density at radius 3 is 2.75 bits per heavy atom. The Morgan fingerprint density at radius 1 is 1.29 bits per heavy atom. The van der Waals surface area contributed by atoms with Crippen molar-refractivity contribution in [1.29, 1.82) is 0 Å². The van der Waals surface area contributed by atoms with E-state index in [1.54, 1.807) is 22.9 Å². The van der Waals surface area contributed by atoms with E-state index in [2.05, 4.69) is 5.10 Å². The molecular weight excluding hydrogens is 326 g/mol. The maximum Gasteiger partial charge on any atom is 0.243 e. The molecule has 1 fully saturated rings. The van der Waals surface area contributed by atoms with Crippen molar-refractivity contribution in [2.75, 3.05) is 13.1 Å². The zero-order valence-electron chi connectivity index (χ0n) is 13.8. The smallest absolute Gasteiger partial charge is 0.243 e. The van der Waals surface area contributed by atoms with Crippen molar-refractivity contribution in [3.63, 3.8) is 0 Å². The van der Waals surface area contributed by atoms with Crippen LogP contribution in [0.25, 0.3) is 0 Å². The molecule has 0 spiro atoms. The molecule has 1 aliphatic heterocycles. The summed E-state index contributed by atoms with van der Waals surface area (Å²) in [5, 5.41) is 4.41. The average Bonchev–Trinajstić information content (AvgIpc) is 3.01. The van der Waals surface area contributed by atoms with Gasteiger partial charge in [-0.05, 0) is 38.0 Å². The third-order valence-electron chi connectivity index (χ3n) is 4.41. The van der Waals surface area contributed by atoms with Crippen LogP contribution in [0.2, 0.25) is 0 Å². The fraction of sp³-hybridized carbons (Fsp3) is 0.412. The summed E-state index contributed by atoms with van der Waals surface area (Å²) in [5.41, 5.74) is 1.34. The molecule has 0 aliphatic carbocycles. The first-order valence-electron chi connectivity index (χ1n) is 7.98. The van der Waals surface area contributed by atoms with Gasteiger partial charge < -0.3 is 0 Å². The van der Waals surface area contributed by atoms with E-state index in [9.17, 15) is 13.2 Å². The van der Waals surface area contributed by atoms with E-state index in [1.807, 2.05) is 19.3 Å². The molecule has 2 aromatic rings. The zero-order chi connectivity index (χ0) is 17.3. The maximum absolute atomic E-state index is 12.9. The van der Waals surface area contributed by atoms with Gasteiger partial charge in [0.25, 0.3) is 0 Å². The van der Waals surface area contributed by atoms with Gasteiger partial charge in [-0.2, -0.15) is 9.40 Å². The van der Waals surface area contributed by atoms with Crippen molar-refractivity contribution < 1.29 is 13.2 Å². The molecule has 3 rings (SSSR count). The van der Waals surface area contributed by atoms with Crippen molar-refractivity contribution in [2.45, 2.75) is 30.6 Å².